The third kappa shape index (κ3) is 2.03. The van der Waals surface area contributed by atoms with Crippen molar-refractivity contribution < 1.29 is 0 Å². The Labute approximate surface area is 94.5 Å². The maximum absolute atomic E-state index is 4.34. The smallest absolute Gasteiger partial charge is 0.152 e. The van der Waals surface area contributed by atoms with Crippen LogP contribution in [0.25, 0.3) is 11.3 Å². The Balaban J connectivity index is 2.38. The van der Waals surface area contributed by atoms with E-state index in [0.29, 0.717) is 0 Å². The summed E-state index contributed by atoms with van der Waals surface area (Å²) in [4.78, 5) is 8.61. The minimum atomic E-state index is 0.806. The Hall–Kier alpha value is -1.91. The van der Waals surface area contributed by atoms with Crippen molar-refractivity contribution in [1.29, 1.82) is 0 Å². The zero-order valence-corrected chi connectivity index (χ0v) is 9.51. The first-order valence-electron chi connectivity index (χ1n) is 5.42. The number of nitrogens with one attached hydrogen (secondary N) is 1. The molecule has 0 aromatic carbocycles. The summed E-state index contributed by atoms with van der Waals surface area (Å²) in [6.45, 7) is 5.77. The molecule has 2 rings (SSSR count). The molecule has 0 aliphatic rings. The molecule has 0 saturated heterocycles. The number of nitrogens with zero attached hydrogens (tertiary/aromatic N) is 4. The van der Waals surface area contributed by atoms with Crippen LogP contribution in [0, 0.1) is 0 Å². The van der Waals surface area contributed by atoms with Gasteiger partial charge in [0, 0.05) is 37.2 Å². The van der Waals surface area contributed by atoms with Gasteiger partial charge in [0.15, 0.2) is 5.82 Å². The summed E-state index contributed by atoms with van der Waals surface area (Å²) >= 11 is 0. The van der Waals surface area contributed by atoms with Crippen LogP contribution in [0.2, 0.25) is 0 Å². The lowest BCUT2D eigenvalue weighted by Crippen LogP contribution is -2.02. The molecule has 0 aliphatic carbocycles. The Bertz CT molecular complexity index is 463. The summed E-state index contributed by atoms with van der Waals surface area (Å²) in [7, 11) is 0. The van der Waals surface area contributed by atoms with Crippen molar-refractivity contribution in [3.05, 3.63) is 24.8 Å². The van der Waals surface area contributed by atoms with E-state index in [4.69, 9.17) is 0 Å². The molecule has 0 radical (unpaired) electrons. The molecule has 5 heteroatoms. The van der Waals surface area contributed by atoms with Gasteiger partial charge in [-0.3, -0.25) is 9.67 Å². The van der Waals surface area contributed by atoms with E-state index in [2.05, 4.69) is 27.3 Å². The highest BCUT2D eigenvalue weighted by atomic mass is 15.3. The van der Waals surface area contributed by atoms with E-state index >= 15 is 0 Å². The summed E-state index contributed by atoms with van der Waals surface area (Å²) in [5.74, 6) is 0.806. The molecule has 0 atom stereocenters. The van der Waals surface area contributed by atoms with E-state index in [1.165, 1.54) is 0 Å². The number of rotatable bonds is 4. The number of aromatic nitrogens is 4. The van der Waals surface area contributed by atoms with Gasteiger partial charge in [0.25, 0.3) is 0 Å². The van der Waals surface area contributed by atoms with Crippen LogP contribution in [0.4, 0.5) is 5.82 Å². The van der Waals surface area contributed by atoms with E-state index in [-0.39, 0.29) is 0 Å². The van der Waals surface area contributed by atoms with Gasteiger partial charge >= 0.3 is 0 Å². The lowest BCUT2D eigenvalue weighted by atomic mass is 10.2. The average Bonchev–Trinajstić information content (AvgIpc) is 2.79. The third-order valence-corrected chi connectivity index (χ3v) is 2.27. The zero-order valence-electron chi connectivity index (χ0n) is 9.51. The van der Waals surface area contributed by atoms with Gasteiger partial charge in [-0.05, 0) is 13.8 Å². The van der Waals surface area contributed by atoms with E-state index in [9.17, 15) is 0 Å². The molecule has 0 fully saturated rings. The quantitative estimate of drug-likeness (QED) is 0.848. The summed E-state index contributed by atoms with van der Waals surface area (Å²) < 4.78 is 1.87. The second kappa shape index (κ2) is 4.74. The van der Waals surface area contributed by atoms with Crippen molar-refractivity contribution in [3.8, 4) is 11.3 Å². The summed E-state index contributed by atoms with van der Waals surface area (Å²) in [6, 6.07) is 0. The molecule has 2 heterocycles. The predicted octanol–water partition coefficient (Wildman–Crippen LogP) is 1.79. The van der Waals surface area contributed by atoms with Crippen molar-refractivity contribution in [2.45, 2.75) is 20.4 Å². The van der Waals surface area contributed by atoms with Gasteiger partial charge in [-0.1, -0.05) is 0 Å². The van der Waals surface area contributed by atoms with Crippen molar-refractivity contribution in [2.24, 2.45) is 0 Å². The number of anilines is 1. The van der Waals surface area contributed by atoms with Crippen LogP contribution in [0.1, 0.15) is 13.8 Å². The Morgan fingerprint density at radius 2 is 2.06 bits per heavy atom. The fraction of sp³-hybridized carbons (Fsp3) is 0.364. The Kier molecular flexibility index (Phi) is 3.14. The number of aryl methyl sites for hydroxylation is 1. The van der Waals surface area contributed by atoms with Crippen LogP contribution in [0.5, 0.6) is 0 Å². The van der Waals surface area contributed by atoms with Gasteiger partial charge in [0.2, 0.25) is 0 Å². The molecule has 0 saturated carbocycles. The maximum atomic E-state index is 4.34. The van der Waals surface area contributed by atoms with Crippen LogP contribution in [-0.4, -0.2) is 26.3 Å². The van der Waals surface area contributed by atoms with Crippen molar-refractivity contribution >= 4 is 5.82 Å². The van der Waals surface area contributed by atoms with Gasteiger partial charge in [-0.15, -0.1) is 0 Å². The molecule has 1 N–H and O–H groups in total. The molecule has 2 aromatic heterocycles. The summed E-state index contributed by atoms with van der Waals surface area (Å²) in [6.07, 6.45) is 7.17. The Morgan fingerprint density at radius 1 is 1.25 bits per heavy atom. The summed E-state index contributed by atoms with van der Waals surface area (Å²) in [5, 5.41) is 7.42. The van der Waals surface area contributed by atoms with Gasteiger partial charge in [0.1, 0.15) is 5.69 Å². The largest absolute Gasteiger partial charge is 0.369 e. The van der Waals surface area contributed by atoms with Gasteiger partial charge in [-0.25, -0.2) is 4.98 Å². The molecule has 0 bridgehead atoms. The third-order valence-electron chi connectivity index (χ3n) is 2.27. The molecule has 0 spiro atoms. The second-order valence-electron chi connectivity index (χ2n) is 3.37. The molecule has 16 heavy (non-hydrogen) atoms. The van der Waals surface area contributed by atoms with Gasteiger partial charge < -0.3 is 5.32 Å². The molecule has 0 unspecified atom stereocenters. The van der Waals surface area contributed by atoms with Crippen LogP contribution < -0.4 is 5.32 Å². The highest BCUT2D eigenvalue weighted by molar-refractivity contribution is 5.69. The standard InChI is InChI=1S/C11H15N5/c1-3-12-11-10(13-5-6-14-11)9-7-15-16(4-2)8-9/h5-8H,3-4H2,1-2H3,(H,12,14). The molecule has 0 aliphatic heterocycles. The first-order chi connectivity index (χ1) is 7.85. The monoisotopic (exact) mass is 217 g/mol. The lowest BCUT2D eigenvalue weighted by Gasteiger charge is -2.05. The first-order valence-corrected chi connectivity index (χ1v) is 5.42. The molecule has 84 valence electrons. The van der Waals surface area contributed by atoms with Gasteiger partial charge in [-0.2, -0.15) is 5.10 Å². The minimum absolute atomic E-state index is 0.806. The topological polar surface area (TPSA) is 55.6 Å². The van der Waals surface area contributed by atoms with Crippen molar-refractivity contribution in [3.63, 3.8) is 0 Å². The number of hydrogen-bond donors (Lipinski definition) is 1. The average molecular weight is 217 g/mol. The fourth-order valence-electron chi connectivity index (χ4n) is 1.50. The summed E-state index contributed by atoms with van der Waals surface area (Å²) in [5.41, 5.74) is 1.84. The predicted molar refractivity (Wildman–Crippen MR) is 63.1 cm³/mol. The van der Waals surface area contributed by atoms with E-state index in [1.54, 1.807) is 12.4 Å². The van der Waals surface area contributed by atoms with Crippen LogP contribution >= 0.6 is 0 Å². The van der Waals surface area contributed by atoms with Crippen LogP contribution in [0.15, 0.2) is 24.8 Å². The SMILES string of the molecule is CCNc1nccnc1-c1cnn(CC)c1. The highest BCUT2D eigenvalue weighted by Gasteiger charge is 2.08. The van der Waals surface area contributed by atoms with E-state index < -0.39 is 0 Å². The van der Waals surface area contributed by atoms with Crippen molar-refractivity contribution in [1.82, 2.24) is 19.7 Å². The van der Waals surface area contributed by atoms with E-state index in [1.807, 2.05) is 24.0 Å². The minimum Gasteiger partial charge on any atom is -0.369 e. The second-order valence-corrected chi connectivity index (χ2v) is 3.37. The van der Waals surface area contributed by atoms with Crippen LogP contribution in [0.3, 0.4) is 0 Å². The fourth-order valence-corrected chi connectivity index (χ4v) is 1.50. The molecular weight excluding hydrogens is 202 g/mol. The molecule has 2 aromatic rings. The molecule has 0 amide bonds. The van der Waals surface area contributed by atoms with Gasteiger partial charge in [0.05, 0.1) is 6.20 Å². The first kappa shape index (κ1) is 10.6. The molecule has 5 nitrogen and oxygen atoms in total. The lowest BCUT2D eigenvalue weighted by molar-refractivity contribution is 0.660. The van der Waals surface area contributed by atoms with Crippen molar-refractivity contribution in [2.75, 3.05) is 11.9 Å². The van der Waals surface area contributed by atoms with E-state index in [0.717, 1.165) is 30.2 Å². The zero-order chi connectivity index (χ0) is 11.4. The molecular formula is C11H15N5. The number of hydrogen-bond acceptors (Lipinski definition) is 4. The Morgan fingerprint density at radius 3 is 2.75 bits per heavy atom. The maximum Gasteiger partial charge on any atom is 0.152 e. The normalized spacial score (nSPS) is 10.4. The van der Waals surface area contributed by atoms with Crippen LogP contribution in [-0.2, 0) is 6.54 Å². The highest BCUT2D eigenvalue weighted by Crippen LogP contribution is 2.22.